The number of rotatable bonds is 2. The fourth-order valence-electron chi connectivity index (χ4n) is 1.73. The maximum Gasteiger partial charge on any atom is 0.339 e. The molecule has 1 rings (SSSR count). The molecule has 1 aliphatic rings. The van der Waals surface area contributed by atoms with Gasteiger partial charge in [0.2, 0.25) is 5.91 Å². The SMILES string of the molecule is CC(C)(C)[Si](C)(C)N1C(=O)CC1(I)C(=O)O. The first-order valence-electron chi connectivity index (χ1n) is 5.20. The van der Waals surface area contributed by atoms with E-state index in [2.05, 4.69) is 33.9 Å². The van der Waals surface area contributed by atoms with Crippen molar-refractivity contribution in [2.45, 2.75) is 48.9 Å². The zero-order valence-corrected chi connectivity index (χ0v) is 13.5. The van der Waals surface area contributed by atoms with E-state index < -0.39 is 17.8 Å². The van der Waals surface area contributed by atoms with Crippen LogP contribution in [0, 0.1) is 0 Å². The number of halogens is 1. The van der Waals surface area contributed by atoms with Crippen molar-refractivity contribution >= 4 is 42.7 Å². The second-order valence-electron chi connectivity index (χ2n) is 5.78. The van der Waals surface area contributed by atoms with Crippen molar-refractivity contribution in [2.75, 3.05) is 0 Å². The van der Waals surface area contributed by atoms with Crippen LogP contribution in [0.2, 0.25) is 18.1 Å². The first kappa shape index (κ1) is 13.9. The molecule has 92 valence electrons. The summed E-state index contributed by atoms with van der Waals surface area (Å²) in [4.78, 5) is 23.0. The Bertz CT molecular complexity index is 350. The average Bonchev–Trinajstić information content (AvgIpc) is 1.99. The van der Waals surface area contributed by atoms with Crippen molar-refractivity contribution < 1.29 is 14.7 Å². The van der Waals surface area contributed by atoms with E-state index in [4.69, 9.17) is 0 Å². The molecule has 0 aromatic rings. The molecule has 0 radical (unpaired) electrons. The second-order valence-corrected chi connectivity index (χ2v) is 12.6. The average molecular weight is 355 g/mol. The lowest BCUT2D eigenvalue weighted by Gasteiger charge is -2.57. The fraction of sp³-hybridized carbons (Fsp3) is 0.800. The summed E-state index contributed by atoms with van der Waals surface area (Å²) in [6, 6.07) is 0. The fourth-order valence-corrected chi connectivity index (χ4v) is 6.56. The van der Waals surface area contributed by atoms with E-state index in [1.54, 1.807) is 4.57 Å². The van der Waals surface area contributed by atoms with Crippen molar-refractivity contribution in [1.29, 1.82) is 0 Å². The van der Waals surface area contributed by atoms with E-state index in [1.165, 1.54) is 0 Å². The van der Waals surface area contributed by atoms with E-state index in [1.807, 2.05) is 22.6 Å². The van der Waals surface area contributed by atoms with Crippen LogP contribution < -0.4 is 0 Å². The smallest absolute Gasteiger partial charge is 0.339 e. The van der Waals surface area contributed by atoms with Crippen LogP contribution in [0.4, 0.5) is 0 Å². The molecule has 0 spiro atoms. The number of nitrogens with zero attached hydrogens (tertiary/aromatic N) is 1. The van der Waals surface area contributed by atoms with Crippen molar-refractivity contribution in [3.8, 4) is 0 Å². The molecule has 0 saturated carbocycles. The summed E-state index contributed by atoms with van der Waals surface area (Å²) in [6.07, 6.45) is 0.120. The van der Waals surface area contributed by atoms with Crippen LogP contribution in [-0.2, 0) is 9.59 Å². The van der Waals surface area contributed by atoms with Crippen LogP contribution in [0.5, 0.6) is 0 Å². The topological polar surface area (TPSA) is 57.6 Å². The predicted molar refractivity (Wildman–Crippen MR) is 73.0 cm³/mol. The Balaban J connectivity index is 3.13. The van der Waals surface area contributed by atoms with E-state index in [9.17, 15) is 14.7 Å². The normalized spacial score (nSPS) is 26.6. The third-order valence-electron chi connectivity index (χ3n) is 3.71. The van der Waals surface area contributed by atoms with Gasteiger partial charge in [-0.1, -0.05) is 33.9 Å². The van der Waals surface area contributed by atoms with Gasteiger partial charge < -0.3 is 9.67 Å². The first-order chi connectivity index (χ1) is 6.94. The Kier molecular flexibility index (Phi) is 3.22. The monoisotopic (exact) mass is 355 g/mol. The molecular weight excluding hydrogens is 337 g/mol. The molecule has 16 heavy (non-hydrogen) atoms. The molecule has 1 N–H and O–H groups in total. The van der Waals surface area contributed by atoms with Crippen LogP contribution in [-0.4, -0.2) is 33.3 Å². The molecule has 0 aliphatic carbocycles. The molecule has 0 aromatic carbocycles. The van der Waals surface area contributed by atoms with E-state index in [0.717, 1.165) is 0 Å². The number of carboxylic acids is 1. The quantitative estimate of drug-likeness (QED) is 0.272. The summed E-state index contributed by atoms with van der Waals surface area (Å²) in [6.45, 7) is 10.3. The van der Waals surface area contributed by atoms with Gasteiger partial charge in [-0.05, 0) is 27.6 Å². The molecule has 1 aliphatic heterocycles. The molecule has 1 atom stereocenters. The number of aliphatic carboxylic acids is 1. The van der Waals surface area contributed by atoms with Gasteiger partial charge in [0.25, 0.3) is 0 Å². The van der Waals surface area contributed by atoms with Gasteiger partial charge in [0.05, 0.1) is 6.42 Å². The van der Waals surface area contributed by atoms with Crippen molar-refractivity contribution in [1.82, 2.24) is 4.57 Å². The van der Waals surface area contributed by atoms with Crippen LogP contribution in [0.15, 0.2) is 0 Å². The third-order valence-corrected chi connectivity index (χ3v) is 10.9. The van der Waals surface area contributed by atoms with Gasteiger partial charge in [-0.25, -0.2) is 4.79 Å². The van der Waals surface area contributed by atoms with E-state index >= 15 is 0 Å². The molecule has 4 nitrogen and oxygen atoms in total. The molecule has 1 unspecified atom stereocenters. The Hall–Kier alpha value is -0.113. The molecule has 6 heteroatoms. The first-order valence-corrected chi connectivity index (χ1v) is 9.22. The van der Waals surface area contributed by atoms with Gasteiger partial charge in [0.15, 0.2) is 11.8 Å². The standard InChI is InChI=1S/C10H18INO3Si/c1-9(2,3)16(4,5)12-7(13)6-10(12,11)8(14)15/h6H2,1-5H3,(H,14,15). The summed E-state index contributed by atoms with van der Waals surface area (Å²) < 4.78 is 0.626. The van der Waals surface area contributed by atoms with E-state index in [0.29, 0.717) is 0 Å². The largest absolute Gasteiger partial charge is 0.479 e. The second kappa shape index (κ2) is 3.69. The molecule has 1 heterocycles. The maximum absolute atomic E-state index is 11.7. The zero-order valence-electron chi connectivity index (χ0n) is 10.3. The highest BCUT2D eigenvalue weighted by Crippen LogP contribution is 2.49. The summed E-state index contributed by atoms with van der Waals surface area (Å²) >= 11 is 1.90. The van der Waals surface area contributed by atoms with Crippen molar-refractivity contribution in [3.05, 3.63) is 0 Å². The number of β-lactam (4-membered cyclic amide) rings is 1. The van der Waals surface area contributed by atoms with Gasteiger partial charge in [-0.2, -0.15) is 0 Å². The number of hydrogen-bond donors (Lipinski definition) is 1. The van der Waals surface area contributed by atoms with Gasteiger partial charge in [-0.15, -0.1) is 0 Å². The molecule has 1 fully saturated rings. The molecule has 1 amide bonds. The van der Waals surface area contributed by atoms with Gasteiger partial charge in [0.1, 0.15) is 0 Å². The van der Waals surface area contributed by atoms with Gasteiger partial charge in [-0.3, -0.25) is 4.79 Å². The lowest BCUT2D eigenvalue weighted by atomic mass is 10.1. The summed E-state index contributed by atoms with van der Waals surface area (Å²) in [7, 11) is -2.09. The number of carbonyl (C=O) groups excluding carboxylic acids is 1. The Morgan fingerprint density at radius 1 is 1.50 bits per heavy atom. The lowest BCUT2D eigenvalue weighted by Crippen LogP contribution is -2.74. The van der Waals surface area contributed by atoms with Gasteiger partial charge >= 0.3 is 5.97 Å². The molecule has 0 bridgehead atoms. The minimum atomic E-state index is -2.09. The summed E-state index contributed by atoms with van der Waals surface area (Å²) in [5, 5.41) is 9.20. The minimum absolute atomic E-state index is 0.0246. The highest BCUT2D eigenvalue weighted by molar-refractivity contribution is 14.1. The Morgan fingerprint density at radius 3 is 2.19 bits per heavy atom. The molecule has 0 aromatic heterocycles. The van der Waals surface area contributed by atoms with E-state index in [-0.39, 0.29) is 17.4 Å². The number of amides is 1. The van der Waals surface area contributed by atoms with Crippen LogP contribution in [0.1, 0.15) is 27.2 Å². The van der Waals surface area contributed by atoms with Crippen molar-refractivity contribution in [3.63, 3.8) is 0 Å². The maximum atomic E-state index is 11.7. The molecular formula is C10H18INO3Si. The highest BCUT2D eigenvalue weighted by atomic mass is 127. The Labute approximate surface area is 111 Å². The number of carboxylic acid groups (broad SMARTS) is 1. The van der Waals surface area contributed by atoms with Crippen LogP contribution in [0.25, 0.3) is 0 Å². The van der Waals surface area contributed by atoms with Crippen molar-refractivity contribution in [2.24, 2.45) is 0 Å². The Morgan fingerprint density at radius 2 is 1.94 bits per heavy atom. The number of alkyl halides is 1. The molecule has 1 saturated heterocycles. The summed E-state index contributed by atoms with van der Waals surface area (Å²) in [5.74, 6) is -0.930. The summed E-state index contributed by atoms with van der Waals surface area (Å²) in [5.41, 5.74) is 0. The van der Waals surface area contributed by atoms with Crippen LogP contribution >= 0.6 is 22.6 Å². The number of carbonyl (C=O) groups is 2. The zero-order chi connectivity index (χ0) is 12.9. The number of hydrogen-bond acceptors (Lipinski definition) is 2. The predicted octanol–water partition coefficient (Wildman–Crippen LogP) is 2.44. The lowest BCUT2D eigenvalue weighted by molar-refractivity contribution is -0.157. The highest BCUT2D eigenvalue weighted by Gasteiger charge is 2.62. The minimum Gasteiger partial charge on any atom is -0.479 e. The van der Waals surface area contributed by atoms with Crippen LogP contribution in [0.3, 0.4) is 0 Å². The third kappa shape index (κ3) is 1.79. The van der Waals surface area contributed by atoms with Gasteiger partial charge in [0, 0.05) is 0 Å².